The van der Waals surface area contributed by atoms with Gasteiger partial charge in [-0.25, -0.2) is 0 Å². The second kappa shape index (κ2) is 8.26. The molecule has 2 aliphatic heterocycles. The van der Waals surface area contributed by atoms with Crippen LogP contribution in [0.2, 0.25) is 0 Å². The van der Waals surface area contributed by atoms with E-state index >= 15 is 0 Å². The number of benzene rings is 3. The van der Waals surface area contributed by atoms with Crippen LogP contribution >= 0.6 is 0 Å². The Bertz CT molecular complexity index is 1280. The van der Waals surface area contributed by atoms with Crippen molar-refractivity contribution in [3.8, 4) is 0 Å². The molecule has 7 nitrogen and oxygen atoms in total. The number of para-hydroxylation sites is 1. The van der Waals surface area contributed by atoms with Crippen LogP contribution in [0.15, 0.2) is 84.9 Å². The highest BCUT2D eigenvalue weighted by atomic mass is 16.2. The molecule has 5 rings (SSSR count). The molecule has 0 unspecified atom stereocenters. The molecule has 0 bridgehead atoms. The lowest BCUT2D eigenvalue weighted by atomic mass is 9.74. The van der Waals surface area contributed by atoms with E-state index < -0.39 is 29.3 Å². The van der Waals surface area contributed by atoms with E-state index in [1.54, 1.807) is 47.4 Å². The summed E-state index contributed by atoms with van der Waals surface area (Å²) in [5, 5.41) is 2.83. The molecule has 0 saturated carbocycles. The Morgan fingerprint density at radius 3 is 2.21 bits per heavy atom. The number of nitrogens with one attached hydrogen (secondary N) is 1. The van der Waals surface area contributed by atoms with Gasteiger partial charge in [0.05, 0.1) is 5.92 Å². The van der Waals surface area contributed by atoms with Crippen molar-refractivity contribution in [2.45, 2.75) is 24.4 Å². The number of hydrogen-bond donors (Lipinski definition) is 1. The van der Waals surface area contributed by atoms with E-state index in [-0.39, 0.29) is 5.91 Å². The molecule has 170 valence electrons. The lowest BCUT2D eigenvalue weighted by molar-refractivity contribution is -0.146. The minimum absolute atomic E-state index is 0.359. The maximum absolute atomic E-state index is 14.1. The van der Waals surface area contributed by atoms with Crippen molar-refractivity contribution in [2.24, 2.45) is 0 Å². The van der Waals surface area contributed by atoms with Crippen molar-refractivity contribution in [1.29, 1.82) is 0 Å². The molecule has 2 heterocycles. The second-order valence-corrected chi connectivity index (χ2v) is 8.35. The predicted molar refractivity (Wildman–Crippen MR) is 126 cm³/mol. The van der Waals surface area contributed by atoms with E-state index in [1.165, 1.54) is 0 Å². The van der Waals surface area contributed by atoms with Crippen molar-refractivity contribution in [3.05, 3.63) is 102 Å². The number of carbonyl (C=O) groups excluding carboxylic acids is 4. The number of hydrogen-bond acceptors (Lipinski definition) is 4. The number of amides is 4. The van der Waals surface area contributed by atoms with E-state index in [9.17, 15) is 19.2 Å². The van der Waals surface area contributed by atoms with Crippen LogP contribution in [0.3, 0.4) is 0 Å². The lowest BCUT2D eigenvalue weighted by Gasteiger charge is -2.35. The highest BCUT2D eigenvalue weighted by Gasteiger charge is 2.69. The van der Waals surface area contributed by atoms with Crippen molar-refractivity contribution in [2.75, 3.05) is 11.4 Å². The molecule has 3 aromatic carbocycles. The summed E-state index contributed by atoms with van der Waals surface area (Å²) >= 11 is 0. The van der Waals surface area contributed by atoms with E-state index in [4.69, 9.17) is 0 Å². The van der Waals surface area contributed by atoms with Gasteiger partial charge in [0.25, 0.3) is 17.7 Å². The smallest absolute Gasteiger partial charge is 0.258 e. The second-order valence-electron chi connectivity index (χ2n) is 8.35. The number of rotatable bonds is 5. The van der Waals surface area contributed by atoms with Gasteiger partial charge in [0.2, 0.25) is 6.41 Å². The molecule has 4 amide bonds. The summed E-state index contributed by atoms with van der Waals surface area (Å²) in [5.74, 6) is -2.24. The molecule has 1 fully saturated rings. The van der Waals surface area contributed by atoms with Gasteiger partial charge in [-0.1, -0.05) is 66.7 Å². The van der Waals surface area contributed by atoms with Gasteiger partial charge in [-0.15, -0.1) is 0 Å². The number of likely N-dealkylation sites (tertiary alicyclic amines) is 1. The Morgan fingerprint density at radius 1 is 0.941 bits per heavy atom. The number of anilines is 1. The summed E-state index contributed by atoms with van der Waals surface area (Å²) < 4.78 is 0. The Kier molecular flexibility index (Phi) is 5.24. The first-order chi connectivity index (χ1) is 16.6. The minimum atomic E-state index is -1.60. The summed E-state index contributed by atoms with van der Waals surface area (Å²) in [6, 6.07) is 23.8. The lowest BCUT2D eigenvalue weighted by Crippen LogP contribution is -2.52. The Balaban J connectivity index is 1.73. The monoisotopic (exact) mass is 453 g/mol. The number of imide groups is 1. The van der Waals surface area contributed by atoms with Crippen LogP contribution in [-0.4, -0.2) is 41.6 Å². The summed E-state index contributed by atoms with van der Waals surface area (Å²) in [5.41, 5.74) is 0.702. The fourth-order valence-corrected chi connectivity index (χ4v) is 5.35. The maximum atomic E-state index is 14.1. The maximum Gasteiger partial charge on any atom is 0.258 e. The molecule has 1 N–H and O–H groups in total. The standard InChI is InChI=1S/C27H23N3O4/c1-2-29-21-16-10-9-15-20(21)27(26(29)34)22(18-11-5-3-6-12-18)23(25(33)30(27)17-31)28-24(32)19-13-7-4-8-14-19/h3-17,22-23H,2H2,1H3,(H,28,32)/t22-,23-,27-/m0/s1. The van der Waals surface area contributed by atoms with Crippen LogP contribution in [0.25, 0.3) is 0 Å². The molecule has 1 spiro atoms. The third-order valence-corrected chi connectivity index (χ3v) is 6.75. The number of carbonyl (C=O) groups is 4. The van der Waals surface area contributed by atoms with Crippen molar-refractivity contribution < 1.29 is 19.2 Å². The third-order valence-electron chi connectivity index (χ3n) is 6.75. The Labute approximate surface area is 197 Å². The molecular weight excluding hydrogens is 430 g/mol. The largest absolute Gasteiger partial charge is 0.339 e. The van der Waals surface area contributed by atoms with E-state index in [1.807, 2.05) is 49.4 Å². The molecule has 1 saturated heterocycles. The molecule has 0 aliphatic carbocycles. The molecule has 0 radical (unpaired) electrons. The first-order valence-corrected chi connectivity index (χ1v) is 11.2. The van der Waals surface area contributed by atoms with Crippen molar-refractivity contribution in [1.82, 2.24) is 10.2 Å². The topological polar surface area (TPSA) is 86.8 Å². The van der Waals surface area contributed by atoms with Gasteiger partial charge in [0.15, 0.2) is 5.54 Å². The van der Waals surface area contributed by atoms with Crippen molar-refractivity contribution >= 4 is 29.8 Å². The number of nitrogens with zero attached hydrogens (tertiary/aromatic N) is 2. The van der Waals surface area contributed by atoms with Gasteiger partial charge < -0.3 is 10.2 Å². The first kappa shape index (κ1) is 21.6. The molecule has 7 heteroatoms. The molecule has 34 heavy (non-hydrogen) atoms. The minimum Gasteiger partial charge on any atom is -0.339 e. The Hall–Kier alpha value is -4.26. The number of fused-ring (bicyclic) bond motifs is 2. The van der Waals surface area contributed by atoms with Crippen LogP contribution in [0.1, 0.15) is 34.3 Å². The van der Waals surface area contributed by atoms with Gasteiger partial charge in [-0.2, -0.15) is 0 Å². The van der Waals surface area contributed by atoms with Crippen LogP contribution in [0.5, 0.6) is 0 Å². The van der Waals surface area contributed by atoms with Crippen LogP contribution in [0.4, 0.5) is 5.69 Å². The highest BCUT2D eigenvalue weighted by Crippen LogP contribution is 2.56. The van der Waals surface area contributed by atoms with Crippen LogP contribution in [-0.2, 0) is 19.9 Å². The zero-order valence-corrected chi connectivity index (χ0v) is 18.5. The molecular formula is C27H23N3O4. The fraction of sp³-hybridized carbons (Fsp3) is 0.185. The van der Waals surface area contributed by atoms with Gasteiger partial charge >= 0.3 is 0 Å². The Morgan fingerprint density at radius 2 is 1.56 bits per heavy atom. The third kappa shape index (κ3) is 2.90. The average molecular weight is 453 g/mol. The zero-order valence-electron chi connectivity index (χ0n) is 18.5. The quantitative estimate of drug-likeness (QED) is 0.602. The molecule has 0 aromatic heterocycles. The van der Waals surface area contributed by atoms with E-state index in [0.29, 0.717) is 35.3 Å². The molecule has 3 aromatic rings. The van der Waals surface area contributed by atoms with Crippen LogP contribution < -0.4 is 10.2 Å². The summed E-state index contributed by atoms with van der Waals surface area (Å²) in [4.78, 5) is 55.9. The first-order valence-electron chi connectivity index (χ1n) is 11.2. The van der Waals surface area contributed by atoms with Gasteiger partial charge in [-0.3, -0.25) is 24.1 Å². The zero-order chi connectivity index (χ0) is 23.9. The normalized spacial score (nSPS) is 23.3. The highest BCUT2D eigenvalue weighted by molar-refractivity contribution is 6.15. The van der Waals surface area contributed by atoms with E-state index in [0.717, 1.165) is 4.90 Å². The van der Waals surface area contributed by atoms with Gasteiger partial charge in [0.1, 0.15) is 6.04 Å². The summed E-state index contributed by atoms with van der Waals surface area (Å²) in [7, 11) is 0. The summed E-state index contributed by atoms with van der Waals surface area (Å²) in [6.07, 6.45) is 0.417. The average Bonchev–Trinajstić information content (AvgIpc) is 3.28. The fourth-order valence-electron chi connectivity index (χ4n) is 5.35. The van der Waals surface area contributed by atoms with Crippen molar-refractivity contribution in [3.63, 3.8) is 0 Å². The molecule has 3 atom stereocenters. The summed E-state index contributed by atoms with van der Waals surface area (Å²) in [6.45, 7) is 2.23. The van der Waals surface area contributed by atoms with E-state index in [2.05, 4.69) is 5.32 Å². The van der Waals surface area contributed by atoms with Gasteiger partial charge in [0, 0.05) is 23.4 Å². The number of likely N-dealkylation sites (N-methyl/N-ethyl adjacent to an activating group) is 1. The van der Waals surface area contributed by atoms with Gasteiger partial charge in [-0.05, 0) is 30.7 Å². The van der Waals surface area contributed by atoms with Crippen LogP contribution in [0, 0.1) is 0 Å². The SMILES string of the molecule is CCN1C(=O)[C@]2(c3ccccc31)[C@@H](c1ccccc1)[C@H](NC(=O)c1ccccc1)C(=O)N2C=O. The molecule has 2 aliphatic rings. The predicted octanol–water partition coefficient (Wildman–Crippen LogP) is 2.83.